The number of nitrogens with one attached hydrogen (secondary N) is 2. The normalized spacial score (nSPS) is 15.7. The number of hydrogen-bond donors (Lipinski definition) is 4. The Morgan fingerprint density at radius 1 is 0.473 bits per heavy atom. The van der Waals surface area contributed by atoms with Crippen molar-refractivity contribution in [3.63, 3.8) is 0 Å². The van der Waals surface area contributed by atoms with Gasteiger partial charge in [-0.3, -0.25) is 9.59 Å². The summed E-state index contributed by atoms with van der Waals surface area (Å²) < 4.78 is 128. The SMILES string of the molecule is CCS(=O)(=O)c1ccc(N(C)c2cc(N)c3ncn(C)c3c2)c(C)c1.CCS(=O)(=O)c1ccc(N(C)c2cc(NC(=O)[C@H]3C[C@H]3F)c3ncn(C)c3c2)c(C)c1.Cc1cc(S(C)(=O)=O)ccc1N(C)c1cc(N)c2ncn(C)c2c1.Cc1cc(S(C)(=O)=O)ccc1N(C)c1cc(NC(=O)[C@H]2C[C@H]2F)c2c(c1)N(C)[C+]=N2. The zero-order chi connectivity index (χ0) is 80.3. The van der Waals surface area contributed by atoms with Crippen LogP contribution in [0.1, 0.15) is 48.9 Å². The van der Waals surface area contributed by atoms with Crippen LogP contribution >= 0.6 is 0 Å². The van der Waals surface area contributed by atoms with Gasteiger partial charge in [0.15, 0.2) is 39.3 Å². The second-order valence-corrected chi connectivity index (χ2v) is 36.5. The maximum absolute atomic E-state index is 13.3. The Balaban J connectivity index is 0.000000146. The molecule has 0 unspecified atom stereocenters. The summed E-state index contributed by atoms with van der Waals surface area (Å²) in [5.74, 6) is -1.78. The van der Waals surface area contributed by atoms with Gasteiger partial charge in [-0.15, -0.1) is 0 Å². The van der Waals surface area contributed by atoms with E-state index < -0.39 is 63.5 Å². The summed E-state index contributed by atoms with van der Waals surface area (Å²) in [6.45, 7) is 10.8. The van der Waals surface area contributed by atoms with E-state index in [0.717, 1.165) is 101 Å². The molecule has 578 valence electrons. The van der Waals surface area contributed by atoms with Crippen molar-refractivity contribution < 1.29 is 52.0 Å². The summed E-state index contributed by atoms with van der Waals surface area (Å²) in [6, 6.07) is 35.6. The van der Waals surface area contributed by atoms with Gasteiger partial charge in [0, 0.05) is 108 Å². The summed E-state index contributed by atoms with van der Waals surface area (Å²) in [4.78, 5) is 52.6. The highest BCUT2D eigenvalue weighted by Crippen LogP contribution is 2.46. The minimum absolute atomic E-state index is 0.0442. The summed E-state index contributed by atoms with van der Waals surface area (Å²) in [7, 11) is 2.09. The van der Waals surface area contributed by atoms with Crippen LogP contribution in [0.3, 0.4) is 0 Å². The lowest BCUT2D eigenvalue weighted by Crippen LogP contribution is -2.17. The van der Waals surface area contributed by atoms with Gasteiger partial charge in [0.1, 0.15) is 34.6 Å². The molecule has 11 aromatic rings. The Labute approximate surface area is 639 Å². The van der Waals surface area contributed by atoms with Crippen LogP contribution in [0.15, 0.2) is 165 Å². The van der Waals surface area contributed by atoms with Gasteiger partial charge in [-0.25, -0.2) is 57.4 Å². The van der Waals surface area contributed by atoms with Gasteiger partial charge in [0.2, 0.25) is 17.5 Å². The third-order valence-corrected chi connectivity index (χ3v) is 25.6. The van der Waals surface area contributed by atoms with Crippen molar-refractivity contribution in [2.45, 2.75) is 86.3 Å². The summed E-state index contributed by atoms with van der Waals surface area (Å²) in [6.07, 6.45) is 8.69. The molecule has 2 aliphatic carbocycles. The van der Waals surface area contributed by atoms with Crippen LogP contribution in [-0.2, 0) is 70.1 Å². The molecule has 3 aromatic heterocycles. The molecule has 0 spiro atoms. The fraction of sp³-hybridized carbons (Fsp3) is 0.308. The fourth-order valence-electron chi connectivity index (χ4n) is 12.9. The van der Waals surface area contributed by atoms with Crippen molar-refractivity contribution in [2.24, 2.45) is 38.0 Å². The Bertz CT molecular complexity index is 6010. The van der Waals surface area contributed by atoms with Gasteiger partial charge < -0.3 is 55.4 Å². The van der Waals surface area contributed by atoms with Gasteiger partial charge >= 0.3 is 0 Å². The van der Waals surface area contributed by atoms with Crippen molar-refractivity contribution >= 4 is 170 Å². The van der Waals surface area contributed by atoms with Gasteiger partial charge in [0.25, 0.3) is 12.0 Å². The van der Waals surface area contributed by atoms with E-state index in [1.54, 1.807) is 118 Å². The average Bonchev–Trinajstić information content (AvgIpc) is 1.50. The largest absolute Gasteiger partial charge is 0.397 e. The lowest BCUT2D eigenvalue weighted by Gasteiger charge is -2.23. The molecule has 110 heavy (non-hydrogen) atoms. The number of alkyl halides is 2. The van der Waals surface area contributed by atoms with Gasteiger partial charge in [0.05, 0.1) is 114 Å². The molecule has 2 amide bonds. The molecule has 1 aliphatic heterocycles. The van der Waals surface area contributed by atoms with Crippen molar-refractivity contribution in [1.29, 1.82) is 0 Å². The molecule has 0 saturated heterocycles. The Morgan fingerprint density at radius 3 is 1.13 bits per heavy atom. The molecule has 8 aromatic carbocycles. The van der Waals surface area contributed by atoms with E-state index >= 15 is 0 Å². The van der Waals surface area contributed by atoms with Crippen molar-refractivity contribution in [2.75, 3.05) is 106 Å². The topological polar surface area (TPSA) is 329 Å². The number of imidazole rings is 3. The molecule has 26 nitrogen and oxygen atoms in total. The lowest BCUT2D eigenvalue weighted by atomic mass is 10.1. The number of sulfone groups is 4. The van der Waals surface area contributed by atoms with E-state index in [9.17, 15) is 52.0 Å². The number of aliphatic imine (C=N–C) groups is 1. The van der Waals surface area contributed by atoms with E-state index in [0.29, 0.717) is 48.6 Å². The fourth-order valence-corrected chi connectivity index (χ4v) is 16.2. The van der Waals surface area contributed by atoms with Crippen LogP contribution in [0, 0.1) is 39.5 Å². The van der Waals surface area contributed by atoms with E-state index in [1.807, 2.05) is 159 Å². The first-order valence-corrected chi connectivity index (χ1v) is 42.1. The number of rotatable bonds is 18. The molecular weight excluding hydrogens is 1490 g/mol. The predicted molar refractivity (Wildman–Crippen MR) is 435 cm³/mol. The number of nitrogens with two attached hydrogens (primary N) is 2. The highest BCUT2D eigenvalue weighted by molar-refractivity contribution is 7.92. The predicted octanol–water partition coefficient (Wildman–Crippen LogP) is 12.8. The Hall–Kier alpha value is -11.1. The third-order valence-electron chi connectivity index (χ3n) is 19.9. The summed E-state index contributed by atoms with van der Waals surface area (Å²) in [5, 5.41) is 5.63. The molecule has 0 radical (unpaired) electrons. The molecular formula is C78H89F2N16O10S4+. The summed E-state index contributed by atoms with van der Waals surface area (Å²) in [5.41, 5.74) is 31.0. The van der Waals surface area contributed by atoms with Crippen LogP contribution < -0.4 is 46.6 Å². The zero-order valence-electron chi connectivity index (χ0n) is 63.9. The van der Waals surface area contributed by atoms with Gasteiger partial charge in [-0.2, -0.15) is 4.90 Å². The first kappa shape index (κ1) is 80.0. The van der Waals surface area contributed by atoms with Crippen LogP contribution in [0.2, 0.25) is 0 Å². The van der Waals surface area contributed by atoms with Crippen LogP contribution in [0.5, 0.6) is 0 Å². The number of hydrogen-bond acceptors (Lipinski definition) is 21. The Morgan fingerprint density at radius 2 is 0.782 bits per heavy atom. The van der Waals surface area contributed by atoms with E-state index in [-0.39, 0.29) is 41.1 Å². The maximum atomic E-state index is 13.3. The number of amides is 2. The number of benzene rings is 8. The number of fused-ring (bicyclic) bond motifs is 4. The Kier molecular flexibility index (Phi) is 22.4. The van der Waals surface area contributed by atoms with Crippen molar-refractivity contribution in [1.82, 2.24) is 28.7 Å². The minimum Gasteiger partial charge on any atom is -0.397 e. The van der Waals surface area contributed by atoms with Crippen molar-refractivity contribution in [3.05, 3.63) is 163 Å². The monoisotopic (exact) mass is 1580 g/mol. The number of nitrogen functional groups attached to an aromatic ring is 2. The summed E-state index contributed by atoms with van der Waals surface area (Å²) >= 11 is 0. The number of nitrogens with zero attached hydrogens (tertiary/aromatic N) is 12. The first-order chi connectivity index (χ1) is 51.6. The number of carbonyl (C=O) groups excluding carboxylic acids is 2. The maximum Gasteiger partial charge on any atom is 0.271 e. The lowest BCUT2D eigenvalue weighted by molar-refractivity contribution is -0.118. The number of carbonyl (C=O) groups is 2. The second kappa shape index (κ2) is 30.8. The van der Waals surface area contributed by atoms with Gasteiger partial charge in [-0.1, -0.05) is 13.8 Å². The zero-order valence-corrected chi connectivity index (χ0v) is 67.2. The smallest absolute Gasteiger partial charge is 0.271 e. The van der Waals surface area contributed by atoms with Crippen LogP contribution in [-0.4, -0.2) is 152 Å². The number of anilines is 13. The molecule has 14 rings (SSSR count). The van der Waals surface area contributed by atoms with E-state index in [2.05, 4.69) is 36.9 Å². The van der Waals surface area contributed by atoms with Crippen molar-refractivity contribution in [3.8, 4) is 0 Å². The molecule has 0 bridgehead atoms. The van der Waals surface area contributed by atoms with E-state index in [4.69, 9.17) is 11.5 Å². The highest BCUT2D eigenvalue weighted by Gasteiger charge is 2.45. The van der Waals surface area contributed by atoms with Crippen LogP contribution in [0.4, 0.5) is 88.4 Å². The first-order valence-electron chi connectivity index (χ1n) is 35.0. The molecule has 4 atom stereocenters. The molecule has 3 aliphatic rings. The average molecular weight is 1580 g/mol. The second-order valence-electron chi connectivity index (χ2n) is 27.9. The number of aryl methyl sites for hydroxylation is 7. The standard InChI is InChI=1S/C22H25FN4O3S.C21H21FN4O3S.C18H22N4O2S.C17H20N4O2S/c1-5-31(29,30)15-6-7-19(13(2)8-15)27(4)14-9-18(25-22(28)16-11-17(16)23)21-20(10-14)26(3)12-24-21;1-12-7-14(30(4,28)29)5-6-18(12)26(3)13-8-17(24-21(27)15-10-16(15)22)20-19(9-13)25(2)11-23-20;1-5-25(23,24)14-6-7-16(12(2)8-14)22(4)13-9-15(19)18-17(10-13)21(3)11-20-18;1-11-7-13(24(4,22)23)5-6-15(11)21(3)12-8-14(18)17-16(9-12)20(2)10-19-17/h6-10,12,16-17H,5,11H2,1-4H3,(H,25,28);5-9,15-16H,10H2,1-4H3;6-11H,5,19H2,1-4H3;5-10H,18H2,1-4H3/p+1/t16-,17+;15-,16+;;/m00../s1. The molecule has 6 N–H and O–H groups in total. The van der Waals surface area contributed by atoms with E-state index in [1.165, 1.54) is 12.5 Å². The van der Waals surface area contributed by atoms with Crippen LogP contribution in [0.25, 0.3) is 33.1 Å². The van der Waals surface area contributed by atoms with Gasteiger partial charge in [-0.05, 0) is 177 Å². The third kappa shape index (κ3) is 16.7. The number of aromatic nitrogens is 6. The molecule has 32 heteroatoms. The molecule has 4 heterocycles. The molecule has 2 saturated carbocycles. The number of halogens is 2. The molecule has 2 fully saturated rings. The highest BCUT2D eigenvalue weighted by atomic mass is 32.2. The minimum atomic E-state index is -3.30. The quantitative estimate of drug-likeness (QED) is 0.0458.